The predicted molar refractivity (Wildman–Crippen MR) is 139 cm³/mol. The topological polar surface area (TPSA) is 84.9 Å². The Morgan fingerprint density at radius 3 is 2.23 bits per heavy atom. The van der Waals surface area contributed by atoms with Gasteiger partial charge in [-0.25, -0.2) is 8.42 Å². The average molecular weight is 497 g/mol. The second kappa shape index (κ2) is 12.3. The Labute approximate surface area is 207 Å². The van der Waals surface area contributed by atoms with Gasteiger partial charge in [0.25, 0.3) is 0 Å². The number of amides is 1. The molecule has 0 aliphatic heterocycles. The van der Waals surface area contributed by atoms with Crippen LogP contribution in [0.2, 0.25) is 0 Å². The molecule has 1 amide bonds. The minimum Gasteiger partial charge on any atom is -0.491 e. The number of benzene rings is 3. The molecular weight excluding hydrogens is 464 g/mol. The molecule has 3 aromatic rings. The zero-order valence-electron chi connectivity index (χ0n) is 20.3. The van der Waals surface area contributed by atoms with Crippen LogP contribution in [-0.2, 0) is 21.2 Å². The van der Waals surface area contributed by atoms with Crippen molar-refractivity contribution >= 4 is 21.6 Å². The highest BCUT2D eigenvalue weighted by molar-refractivity contribution is 7.92. The normalized spacial score (nSPS) is 11.2. The number of nitrogens with one attached hydrogen (secondary N) is 1. The predicted octanol–water partition coefficient (Wildman–Crippen LogP) is 4.78. The molecule has 0 radical (unpaired) electrons. The van der Waals surface area contributed by atoms with Crippen LogP contribution in [0.1, 0.15) is 25.8 Å². The Hall–Kier alpha value is -3.52. The van der Waals surface area contributed by atoms with E-state index < -0.39 is 10.0 Å². The third-order valence-electron chi connectivity index (χ3n) is 5.03. The standard InChI is InChI=1S/C27H32N2O5S/c1-21(2)33-26-13-7-9-22(19-26)10-8-18-28-27(30)20-29(35(3,31)32)23-14-16-25(17-15-23)34-24-11-5-4-6-12-24/h4-7,9,11-17,19,21H,8,10,18,20H2,1-3H3,(H,28,30). The van der Waals surface area contributed by atoms with Crippen LogP contribution in [-0.4, -0.2) is 39.8 Å². The monoisotopic (exact) mass is 496 g/mol. The van der Waals surface area contributed by atoms with Gasteiger partial charge in [0.1, 0.15) is 23.8 Å². The van der Waals surface area contributed by atoms with E-state index in [2.05, 4.69) is 5.32 Å². The molecule has 0 atom stereocenters. The number of anilines is 1. The highest BCUT2D eigenvalue weighted by Gasteiger charge is 2.20. The molecule has 0 saturated carbocycles. The fourth-order valence-electron chi connectivity index (χ4n) is 3.46. The zero-order valence-corrected chi connectivity index (χ0v) is 21.1. The van der Waals surface area contributed by atoms with Gasteiger partial charge in [-0.15, -0.1) is 0 Å². The lowest BCUT2D eigenvalue weighted by atomic mass is 10.1. The van der Waals surface area contributed by atoms with Crippen LogP contribution < -0.4 is 19.1 Å². The SMILES string of the molecule is CC(C)Oc1cccc(CCCNC(=O)CN(c2ccc(Oc3ccccc3)cc2)S(C)(=O)=O)c1. The molecule has 3 aromatic carbocycles. The maximum atomic E-state index is 12.5. The summed E-state index contributed by atoms with van der Waals surface area (Å²) in [6.45, 7) is 4.11. The molecule has 0 aromatic heterocycles. The summed E-state index contributed by atoms with van der Waals surface area (Å²) < 4.78 is 37.3. The lowest BCUT2D eigenvalue weighted by molar-refractivity contribution is -0.119. The molecule has 0 aliphatic rings. The van der Waals surface area contributed by atoms with Crippen LogP contribution in [0.4, 0.5) is 5.69 Å². The maximum Gasteiger partial charge on any atom is 0.240 e. The summed E-state index contributed by atoms with van der Waals surface area (Å²) in [4.78, 5) is 12.5. The van der Waals surface area contributed by atoms with E-state index in [1.165, 1.54) is 0 Å². The van der Waals surface area contributed by atoms with Gasteiger partial charge in [-0.1, -0.05) is 30.3 Å². The molecule has 35 heavy (non-hydrogen) atoms. The minimum atomic E-state index is -3.66. The van der Waals surface area contributed by atoms with Crippen molar-refractivity contribution in [2.24, 2.45) is 0 Å². The number of hydrogen-bond acceptors (Lipinski definition) is 5. The molecule has 0 unspecified atom stereocenters. The summed E-state index contributed by atoms with van der Waals surface area (Å²) in [6, 6.07) is 23.8. The number of sulfonamides is 1. The fraction of sp³-hybridized carbons (Fsp3) is 0.296. The molecule has 0 bridgehead atoms. The van der Waals surface area contributed by atoms with Crippen molar-refractivity contribution in [3.63, 3.8) is 0 Å². The van der Waals surface area contributed by atoms with Gasteiger partial charge >= 0.3 is 0 Å². The summed E-state index contributed by atoms with van der Waals surface area (Å²) in [5.74, 6) is 1.71. The summed E-state index contributed by atoms with van der Waals surface area (Å²) in [5.41, 5.74) is 1.51. The fourth-order valence-corrected chi connectivity index (χ4v) is 4.31. The molecule has 8 heteroatoms. The Bertz CT molecular complexity index is 1200. The van der Waals surface area contributed by atoms with Crippen molar-refractivity contribution in [1.82, 2.24) is 5.32 Å². The van der Waals surface area contributed by atoms with E-state index in [0.717, 1.165) is 34.7 Å². The van der Waals surface area contributed by atoms with Gasteiger partial charge in [-0.2, -0.15) is 0 Å². The molecule has 0 aliphatic carbocycles. The van der Waals surface area contributed by atoms with Crippen LogP contribution in [0.25, 0.3) is 0 Å². The van der Waals surface area contributed by atoms with Crippen LogP contribution in [0, 0.1) is 0 Å². The first-order valence-electron chi connectivity index (χ1n) is 11.5. The lowest BCUT2D eigenvalue weighted by Gasteiger charge is -2.22. The minimum absolute atomic E-state index is 0.106. The summed E-state index contributed by atoms with van der Waals surface area (Å²) >= 11 is 0. The Kier molecular flexibility index (Phi) is 9.14. The first-order valence-corrected chi connectivity index (χ1v) is 13.4. The Balaban J connectivity index is 1.53. The number of rotatable bonds is 12. The van der Waals surface area contributed by atoms with Gasteiger partial charge in [0.2, 0.25) is 15.9 Å². The number of ether oxygens (including phenoxy) is 2. The largest absolute Gasteiger partial charge is 0.491 e. The second-order valence-corrected chi connectivity index (χ2v) is 10.4. The van der Waals surface area contributed by atoms with E-state index in [4.69, 9.17) is 9.47 Å². The number of aryl methyl sites for hydroxylation is 1. The third kappa shape index (κ3) is 8.64. The van der Waals surface area contributed by atoms with E-state index in [1.807, 2.05) is 68.4 Å². The number of carbonyl (C=O) groups is 1. The number of hydrogen-bond donors (Lipinski definition) is 1. The van der Waals surface area contributed by atoms with Crippen LogP contribution in [0.5, 0.6) is 17.2 Å². The molecule has 0 fully saturated rings. The van der Waals surface area contributed by atoms with Gasteiger partial charge in [0, 0.05) is 6.54 Å². The van der Waals surface area contributed by atoms with E-state index in [9.17, 15) is 13.2 Å². The summed E-state index contributed by atoms with van der Waals surface area (Å²) in [5, 5.41) is 2.82. The van der Waals surface area contributed by atoms with Crippen molar-refractivity contribution in [2.75, 3.05) is 23.7 Å². The third-order valence-corrected chi connectivity index (χ3v) is 6.17. The molecule has 0 heterocycles. The molecule has 0 spiro atoms. The van der Waals surface area contributed by atoms with Gasteiger partial charge in [-0.3, -0.25) is 9.10 Å². The van der Waals surface area contributed by atoms with Gasteiger partial charge in [-0.05, 0) is 80.8 Å². The zero-order chi connectivity index (χ0) is 25.3. The Morgan fingerprint density at radius 2 is 1.57 bits per heavy atom. The van der Waals surface area contributed by atoms with Gasteiger partial charge < -0.3 is 14.8 Å². The van der Waals surface area contributed by atoms with Crippen LogP contribution >= 0.6 is 0 Å². The number of carbonyl (C=O) groups excluding carboxylic acids is 1. The number of para-hydroxylation sites is 1. The quantitative estimate of drug-likeness (QED) is 0.365. The van der Waals surface area contributed by atoms with Crippen LogP contribution in [0.15, 0.2) is 78.9 Å². The Morgan fingerprint density at radius 1 is 0.914 bits per heavy atom. The van der Waals surface area contributed by atoms with Crippen molar-refractivity contribution in [3.05, 3.63) is 84.4 Å². The highest BCUT2D eigenvalue weighted by Crippen LogP contribution is 2.25. The van der Waals surface area contributed by atoms with E-state index in [0.29, 0.717) is 23.7 Å². The smallest absolute Gasteiger partial charge is 0.240 e. The van der Waals surface area contributed by atoms with E-state index >= 15 is 0 Å². The van der Waals surface area contributed by atoms with Crippen molar-refractivity contribution in [3.8, 4) is 17.2 Å². The molecule has 186 valence electrons. The van der Waals surface area contributed by atoms with Gasteiger partial charge in [0.05, 0.1) is 18.0 Å². The highest BCUT2D eigenvalue weighted by atomic mass is 32.2. The van der Waals surface area contributed by atoms with Crippen LogP contribution in [0.3, 0.4) is 0 Å². The van der Waals surface area contributed by atoms with Gasteiger partial charge in [0.15, 0.2) is 0 Å². The first kappa shape index (κ1) is 26.1. The average Bonchev–Trinajstić information content (AvgIpc) is 2.81. The van der Waals surface area contributed by atoms with Crippen molar-refractivity contribution in [2.45, 2.75) is 32.8 Å². The molecule has 7 nitrogen and oxygen atoms in total. The number of nitrogens with zero attached hydrogens (tertiary/aromatic N) is 1. The second-order valence-electron chi connectivity index (χ2n) is 8.45. The van der Waals surface area contributed by atoms with Crippen molar-refractivity contribution in [1.29, 1.82) is 0 Å². The van der Waals surface area contributed by atoms with E-state index in [-0.39, 0.29) is 18.6 Å². The summed E-state index contributed by atoms with van der Waals surface area (Å²) in [6.07, 6.45) is 2.69. The maximum absolute atomic E-state index is 12.5. The lowest BCUT2D eigenvalue weighted by Crippen LogP contribution is -2.40. The van der Waals surface area contributed by atoms with Crippen molar-refractivity contribution < 1.29 is 22.7 Å². The molecule has 1 N–H and O–H groups in total. The molecular formula is C27H32N2O5S. The summed E-state index contributed by atoms with van der Waals surface area (Å²) in [7, 11) is -3.66. The molecule has 0 saturated heterocycles. The molecule has 3 rings (SSSR count). The first-order chi connectivity index (χ1) is 16.7. The van der Waals surface area contributed by atoms with E-state index in [1.54, 1.807) is 24.3 Å².